The Hall–Kier alpha value is -2.02. The predicted molar refractivity (Wildman–Crippen MR) is 84.5 cm³/mol. The first-order chi connectivity index (χ1) is 11.5. The van der Waals surface area contributed by atoms with Crippen LogP contribution in [-0.2, 0) is 4.79 Å². The van der Waals surface area contributed by atoms with Gasteiger partial charge in [-0.05, 0) is 31.5 Å². The lowest BCUT2D eigenvalue weighted by Gasteiger charge is -2.39. The summed E-state index contributed by atoms with van der Waals surface area (Å²) in [7, 11) is 0. The molecule has 2 amide bonds. The van der Waals surface area contributed by atoms with E-state index < -0.39 is 17.5 Å². The predicted octanol–water partition coefficient (Wildman–Crippen LogP) is 1.34. The summed E-state index contributed by atoms with van der Waals surface area (Å²) in [4.78, 5) is 30.4. The van der Waals surface area contributed by atoms with E-state index >= 15 is 0 Å². The number of hydrogen-bond acceptors (Lipinski definition) is 3. The van der Waals surface area contributed by atoms with Crippen LogP contribution in [0.1, 0.15) is 23.7 Å². The lowest BCUT2D eigenvalue weighted by Crippen LogP contribution is -2.56. The highest BCUT2D eigenvalue weighted by Gasteiger charge is 2.36. The fourth-order valence-corrected chi connectivity index (χ4v) is 3.44. The Kier molecular flexibility index (Phi) is 4.80. The Bertz CT molecular complexity index is 653. The van der Waals surface area contributed by atoms with Crippen LogP contribution in [-0.4, -0.2) is 71.8 Å². The van der Waals surface area contributed by atoms with Crippen molar-refractivity contribution in [2.24, 2.45) is 0 Å². The van der Waals surface area contributed by atoms with Gasteiger partial charge in [-0.1, -0.05) is 0 Å². The number of nitrogens with zero attached hydrogens (tertiary/aromatic N) is 3. The fourth-order valence-electron chi connectivity index (χ4n) is 3.44. The third kappa shape index (κ3) is 3.13. The molecule has 3 rings (SSSR count). The quantitative estimate of drug-likeness (QED) is 0.818. The van der Waals surface area contributed by atoms with Crippen molar-refractivity contribution >= 4 is 11.8 Å². The highest BCUT2D eigenvalue weighted by Crippen LogP contribution is 2.20. The summed E-state index contributed by atoms with van der Waals surface area (Å²) >= 11 is 0. The fraction of sp³-hybridized carbons (Fsp3) is 0.529. The first kappa shape index (κ1) is 16.8. The first-order valence-corrected chi connectivity index (χ1v) is 8.28. The van der Waals surface area contributed by atoms with Crippen molar-refractivity contribution in [2.75, 3.05) is 39.3 Å². The molecular formula is C17H21F2N3O2. The van der Waals surface area contributed by atoms with Crippen LogP contribution in [0.5, 0.6) is 0 Å². The second-order valence-corrected chi connectivity index (χ2v) is 6.17. The van der Waals surface area contributed by atoms with Gasteiger partial charge in [-0.2, -0.15) is 0 Å². The SMILES string of the molecule is CCN1CCN2CCN(C(=O)c3cc(F)ccc3F)CCC2C1=O. The number of fused-ring (bicyclic) bond motifs is 1. The van der Waals surface area contributed by atoms with E-state index in [1.807, 2.05) is 11.8 Å². The molecule has 2 aliphatic rings. The van der Waals surface area contributed by atoms with E-state index in [-0.39, 0.29) is 17.5 Å². The highest BCUT2D eigenvalue weighted by molar-refractivity contribution is 5.94. The third-order valence-corrected chi connectivity index (χ3v) is 4.85. The molecule has 0 aliphatic carbocycles. The van der Waals surface area contributed by atoms with E-state index in [2.05, 4.69) is 4.90 Å². The molecule has 1 unspecified atom stereocenters. The molecule has 0 spiro atoms. The molecule has 0 radical (unpaired) electrons. The monoisotopic (exact) mass is 337 g/mol. The average molecular weight is 337 g/mol. The molecule has 0 bridgehead atoms. The number of piperazine rings is 1. The Morgan fingerprint density at radius 2 is 1.92 bits per heavy atom. The van der Waals surface area contributed by atoms with Crippen LogP contribution in [0, 0.1) is 11.6 Å². The number of amides is 2. The smallest absolute Gasteiger partial charge is 0.256 e. The zero-order valence-electron chi connectivity index (χ0n) is 13.7. The Balaban J connectivity index is 1.75. The number of hydrogen-bond donors (Lipinski definition) is 0. The molecule has 2 fully saturated rings. The van der Waals surface area contributed by atoms with Crippen LogP contribution in [0.2, 0.25) is 0 Å². The molecule has 1 atom stereocenters. The number of halogens is 2. The van der Waals surface area contributed by atoms with Crippen molar-refractivity contribution in [1.29, 1.82) is 0 Å². The summed E-state index contributed by atoms with van der Waals surface area (Å²) in [6, 6.07) is 2.66. The van der Waals surface area contributed by atoms with E-state index in [1.165, 1.54) is 4.90 Å². The van der Waals surface area contributed by atoms with E-state index in [0.29, 0.717) is 39.1 Å². The second-order valence-electron chi connectivity index (χ2n) is 6.17. The molecule has 0 aromatic heterocycles. The van der Waals surface area contributed by atoms with Crippen LogP contribution in [0.25, 0.3) is 0 Å². The summed E-state index contributed by atoms with van der Waals surface area (Å²) in [6.07, 6.45) is 0.512. The Morgan fingerprint density at radius 3 is 2.67 bits per heavy atom. The van der Waals surface area contributed by atoms with Crippen molar-refractivity contribution in [1.82, 2.24) is 14.7 Å². The van der Waals surface area contributed by atoms with Gasteiger partial charge in [0, 0.05) is 39.3 Å². The maximum atomic E-state index is 13.8. The summed E-state index contributed by atoms with van der Waals surface area (Å²) in [6.45, 7) is 5.44. The van der Waals surface area contributed by atoms with Crippen molar-refractivity contribution in [3.05, 3.63) is 35.4 Å². The van der Waals surface area contributed by atoms with Gasteiger partial charge >= 0.3 is 0 Å². The molecule has 0 N–H and O–H groups in total. The molecule has 1 aromatic rings. The summed E-state index contributed by atoms with van der Waals surface area (Å²) in [5.74, 6) is -1.79. The molecule has 24 heavy (non-hydrogen) atoms. The maximum Gasteiger partial charge on any atom is 0.256 e. The van der Waals surface area contributed by atoms with Gasteiger partial charge in [0.1, 0.15) is 11.6 Å². The molecule has 5 nitrogen and oxygen atoms in total. The van der Waals surface area contributed by atoms with Gasteiger partial charge in [0.2, 0.25) is 5.91 Å². The molecule has 7 heteroatoms. The lowest BCUT2D eigenvalue weighted by molar-refractivity contribution is -0.141. The van der Waals surface area contributed by atoms with E-state index in [4.69, 9.17) is 0 Å². The normalized spacial score (nSPS) is 22.3. The molecule has 0 saturated carbocycles. The standard InChI is InChI=1S/C17H21F2N3O2/c1-2-20-7-8-21-9-10-22(6-5-15(21)17(20)24)16(23)13-11-12(18)3-4-14(13)19/h3-4,11,15H,2,5-10H2,1H3. The Labute approximate surface area is 139 Å². The van der Waals surface area contributed by atoms with E-state index in [0.717, 1.165) is 24.7 Å². The van der Waals surface area contributed by atoms with Crippen LogP contribution >= 0.6 is 0 Å². The number of carbonyl (C=O) groups excluding carboxylic acids is 2. The molecular weight excluding hydrogens is 316 g/mol. The minimum Gasteiger partial charge on any atom is -0.340 e. The lowest BCUT2D eigenvalue weighted by atomic mass is 10.1. The van der Waals surface area contributed by atoms with Crippen LogP contribution in [0.4, 0.5) is 8.78 Å². The second kappa shape index (κ2) is 6.84. The molecule has 2 saturated heterocycles. The van der Waals surface area contributed by atoms with Gasteiger partial charge in [0.25, 0.3) is 5.91 Å². The molecule has 1 aromatic carbocycles. The highest BCUT2D eigenvalue weighted by atomic mass is 19.1. The molecule has 130 valence electrons. The van der Waals surface area contributed by atoms with Gasteiger partial charge in [0.15, 0.2) is 0 Å². The number of likely N-dealkylation sites (N-methyl/N-ethyl adjacent to an activating group) is 1. The zero-order chi connectivity index (χ0) is 17.3. The number of rotatable bonds is 2. The largest absolute Gasteiger partial charge is 0.340 e. The number of carbonyl (C=O) groups is 2. The van der Waals surface area contributed by atoms with Gasteiger partial charge in [0.05, 0.1) is 11.6 Å². The van der Waals surface area contributed by atoms with Gasteiger partial charge < -0.3 is 9.80 Å². The van der Waals surface area contributed by atoms with Crippen molar-refractivity contribution in [3.8, 4) is 0 Å². The summed E-state index contributed by atoms with van der Waals surface area (Å²) in [5.41, 5.74) is -0.253. The minimum absolute atomic E-state index is 0.0926. The van der Waals surface area contributed by atoms with Crippen LogP contribution < -0.4 is 0 Å². The third-order valence-electron chi connectivity index (χ3n) is 4.85. The molecule has 2 aliphatic heterocycles. The first-order valence-electron chi connectivity index (χ1n) is 8.28. The number of benzene rings is 1. The molecule has 2 heterocycles. The van der Waals surface area contributed by atoms with Gasteiger partial charge in [-0.25, -0.2) is 8.78 Å². The average Bonchev–Trinajstić information content (AvgIpc) is 2.80. The van der Waals surface area contributed by atoms with Crippen LogP contribution in [0.15, 0.2) is 18.2 Å². The van der Waals surface area contributed by atoms with Gasteiger partial charge in [-0.3, -0.25) is 14.5 Å². The van der Waals surface area contributed by atoms with E-state index in [1.54, 1.807) is 0 Å². The Morgan fingerprint density at radius 1 is 1.17 bits per heavy atom. The van der Waals surface area contributed by atoms with Crippen molar-refractivity contribution in [2.45, 2.75) is 19.4 Å². The van der Waals surface area contributed by atoms with Crippen LogP contribution in [0.3, 0.4) is 0 Å². The summed E-state index contributed by atoms with van der Waals surface area (Å²) in [5, 5.41) is 0. The topological polar surface area (TPSA) is 43.9 Å². The van der Waals surface area contributed by atoms with Crippen molar-refractivity contribution in [3.63, 3.8) is 0 Å². The van der Waals surface area contributed by atoms with Gasteiger partial charge in [-0.15, -0.1) is 0 Å². The zero-order valence-corrected chi connectivity index (χ0v) is 13.7. The van der Waals surface area contributed by atoms with Crippen molar-refractivity contribution < 1.29 is 18.4 Å². The maximum absolute atomic E-state index is 13.8. The van der Waals surface area contributed by atoms with E-state index in [9.17, 15) is 18.4 Å². The minimum atomic E-state index is -0.725. The summed E-state index contributed by atoms with van der Waals surface area (Å²) < 4.78 is 27.2.